The van der Waals surface area contributed by atoms with Crippen LogP contribution in [-0.4, -0.2) is 182 Å². The van der Waals surface area contributed by atoms with E-state index in [4.69, 9.17) is 15.2 Å². The monoisotopic (exact) mass is 1400 g/mol. The van der Waals surface area contributed by atoms with Crippen LogP contribution in [0.3, 0.4) is 0 Å². The number of fused-ring (bicyclic) bond motifs is 2. The van der Waals surface area contributed by atoms with Crippen molar-refractivity contribution in [3.63, 3.8) is 0 Å². The molecule has 0 aromatic rings. The first-order valence-electron chi connectivity index (χ1n) is 36.3. The second kappa shape index (κ2) is 33.5. The lowest BCUT2D eigenvalue weighted by molar-refractivity contribution is -0.153. The zero-order valence-electron chi connectivity index (χ0n) is 62.2. The van der Waals surface area contributed by atoms with Crippen molar-refractivity contribution >= 4 is 71.9 Å². The maximum absolute atomic E-state index is 14.5. The standard InChI is InChI=1S/C36H61N5O7.C27H45N3O6.C9H18N2O2.ClH/c1-10-14-23(27(42)31(45)37-21-17-18-21)38-30(44)26-24-22(36(24,8)9)19-41(26)32(46)28(34(2,3)4)40-29(43)25(20-15-12-11-13-16-20)39-33(47)48-35(5,6)7;1-25(2,3)20(22(32)30-14-16-17(27(16,7)8)19(30)23(33)34)29-21(31)18(15-12-10-9-11-13-15)28-24(35)36-26(4,5)6;1-2-3-7(10)8(12)9(13)11-6-4-5-6;/h20-28,42H,10-19H2,1-9H3,(H,37,45)(H,38,44)(H,39,47)(H,40,43);15-20H,9-14H2,1-8H3,(H,28,35)(H,29,31)(H,33,34);6-8,12H,2-5,10H2,1H3,(H,11,13);1H/t22-,23-,24-,25-,26-,27?,28+;16-,17-,18-,19-,20+;7-,8?;/m000./s1. The molecule has 26 heteroatoms. The number of likely N-dealkylation sites (tertiary alicyclic amines) is 2. The third kappa shape index (κ3) is 22.2. The highest BCUT2D eigenvalue weighted by atomic mass is 35.5. The number of carboxylic acid groups (broad SMARTS) is 1. The average molecular weight is 1410 g/mol. The summed E-state index contributed by atoms with van der Waals surface area (Å²) in [7, 11) is 0. The molecular weight excluding hydrogens is 1280 g/mol. The van der Waals surface area contributed by atoms with Crippen molar-refractivity contribution in [2.75, 3.05) is 13.1 Å². The molecule has 2 heterocycles. The van der Waals surface area contributed by atoms with Gasteiger partial charge in [0.25, 0.3) is 11.8 Å². The number of carbonyl (C=O) groups excluding carboxylic acids is 9. The van der Waals surface area contributed by atoms with Gasteiger partial charge in [-0.3, -0.25) is 33.6 Å². The molecule has 14 atom stereocenters. The van der Waals surface area contributed by atoms with Crippen molar-refractivity contribution in [1.29, 1.82) is 0 Å². The van der Waals surface area contributed by atoms with Crippen molar-refractivity contribution in [1.82, 2.24) is 47.0 Å². The lowest BCUT2D eigenvalue weighted by Crippen LogP contribution is -2.63. The summed E-state index contributed by atoms with van der Waals surface area (Å²) in [6.45, 7) is 34.6. The number of aliphatic hydroxyl groups is 2. The van der Waals surface area contributed by atoms with Gasteiger partial charge in [0.15, 0.2) is 6.10 Å². The van der Waals surface area contributed by atoms with E-state index in [2.05, 4.69) is 51.1 Å². The summed E-state index contributed by atoms with van der Waals surface area (Å²) in [4.78, 5) is 135. The number of alkyl carbamates (subject to hydrolysis) is 2. The summed E-state index contributed by atoms with van der Waals surface area (Å²) >= 11 is 0. The van der Waals surface area contributed by atoms with E-state index in [1.165, 1.54) is 4.90 Å². The summed E-state index contributed by atoms with van der Waals surface area (Å²) < 4.78 is 10.9. The summed E-state index contributed by atoms with van der Waals surface area (Å²) in [6.07, 6.45) is 11.8. The van der Waals surface area contributed by atoms with Crippen molar-refractivity contribution in [3.05, 3.63) is 0 Å². The Balaban J connectivity index is 0.000000304. The Hall–Kier alpha value is -5.53. The van der Waals surface area contributed by atoms with Crippen LogP contribution in [0.25, 0.3) is 0 Å². The summed E-state index contributed by atoms with van der Waals surface area (Å²) in [6, 6.07) is -6.19. The van der Waals surface area contributed by atoms with Crippen LogP contribution in [0, 0.1) is 57.2 Å². The molecule has 98 heavy (non-hydrogen) atoms. The van der Waals surface area contributed by atoms with Crippen molar-refractivity contribution < 1.29 is 72.7 Å². The Labute approximate surface area is 589 Å². The smallest absolute Gasteiger partial charge is 0.408 e. The molecule has 6 aliphatic carbocycles. The Morgan fingerprint density at radius 1 is 0.500 bits per heavy atom. The van der Waals surface area contributed by atoms with E-state index in [-0.39, 0.29) is 88.5 Å². The fourth-order valence-corrected chi connectivity index (χ4v) is 15.1. The first kappa shape index (κ1) is 83.1. The van der Waals surface area contributed by atoms with Gasteiger partial charge in [-0.25, -0.2) is 14.4 Å². The number of aliphatic carboxylic acids is 1. The fraction of sp³-hybridized carbons (Fsp3) is 0.861. The number of aliphatic hydroxyl groups excluding tert-OH is 2. The Kier molecular flexibility index (Phi) is 28.4. The van der Waals surface area contributed by atoms with E-state index in [1.54, 1.807) is 46.4 Å². The number of nitrogens with two attached hydrogens (primary N) is 1. The number of halogens is 1. The van der Waals surface area contributed by atoms with Gasteiger partial charge in [0.05, 0.1) is 6.04 Å². The Morgan fingerprint density at radius 3 is 1.19 bits per heavy atom. The minimum atomic E-state index is -1.40. The predicted octanol–water partition coefficient (Wildman–Crippen LogP) is 7.13. The summed E-state index contributed by atoms with van der Waals surface area (Å²) in [5, 5.41) is 50.3. The Bertz CT molecular complexity index is 2790. The zero-order valence-corrected chi connectivity index (χ0v) is 63.0. The molecule has 2 saturated heterocycles. The van der Waals surface area contributed by atoms with Crippen molar-refractivity contribution in [3.8, 4) is 0 Å². The largest absolute Gasteiger partial charge is 0.480 e. The maximum Gasteiger partial charge on any atom is 0.408 e. The topological polar surface area (TPSA) is 367 Å². The van der Waals surface area contributed by atoms with E-state index in [9.17, 15) is 63.3 Å². The van der Waals surface area contributed by atoms with E-state index < -0.39 is 124 Å². The number of carboxylic acids is 1. The quantitative estimate of drug-likeness (QED) is 0.0484. The summed E-state index contributed by atoms with van der Waals surface area (Å²) in [5.41, 5.74) is 2.51. The number of hydrogen-bond acceptors (Lipinski definition) is 15. The van der Waals surface area contributed by atoms with Crippen LogP contribution >= 0.6 is 12.4 Å². The highest BCUT2D eigenvalue weighted by molar-refractivity contribution is 5.97. The molecule has 0 spiro atoms. The molecule has 25 nitrogen and oxygen atoms in total. The first-order chi connectivity index (χ1) is 44.9. The van der Waals surface area contributed by atoms with Crippen LogP contribution in [0.4, 0.5) is 9.59 Å². The number of rotatable bonds is 23. The molecule has 8 fully saturated rings. The highest BCUT2D eigenvalue weighted by Gasteiger charge is 2.71. The molecule has 6 saturated carbocycles. The molecule has 0 bridgehead atoms. The number of ether oxygens (including phenoxy) is 2. The van der Waals surface area contributed by atoms with Crippen molar-refractivity contribution in [2.45, 2.75) is 324 Å². The molecule has 0 radical (unpaired) electrons. The van der Waals surface area contributed by atoms with E-state index in [0.717, 1.165) is 96.3 Å². The van der Waals surface area contributed by atoms with Crippen LogP contribution in [0.1, 0.15) is 240 Å². The molecule has 8 rings (SSSR count). The third-order valence-corrected chi connectivity index (χ3v) is 21.2. The van der Waals surface area contributed by atoms with E-state index in [0.29, 0.717) is 32.4 Å². The number of amides is 9. The zero-order chi connectivity index (χ0) is 72.8. The minimum Gasteiger partial charge on any atom is -0.480 e. The maximum atomic E-state index is 14.5. The second-order valence-electron chi connectivity index (χ2n) is 34.6. The van der Waals surface area contributed by atoms with Crippen LogP contribution in [0.15, 0.2) is 0 Å². The normalized spacial score (nSPS) is 25.7. The number of piperidine rings is 2. The number of nitrogens with one attached hydrogen (secondary N) is 7. The van der Waals surface area contributed by atoms with Gasteiger partial charge in [0.1, 0.15) is 53.6 Å². The number of nitrogens with zero attached hydrogens (tertiary/aromatic N) is 2. The van der Waals surface area contributed by atoms with Gasteiger partial charge in [-0.15, -0.1) is 12.4 Å². The molecule has 12 N–H and O–H groups in total. The fourth-order valence-electron chi connectivity index (χ4n) is 15.1. The molecular formula is C72H125ClN10O15. The van der Waals surface area contributed by atoms with Gasteiger partial charge in [0, 0.05) is 37.1 Å². The van der Waals surface area contributed by atoms with Crippen LogP contribution in [0.2, 0.25) is 0 Å². The number of carbonyl (C=O) groups is 10. The van der Waals surface area contributed by atoms with Crippen molar-refractivity contribution in [2.24, 2.45) is 62.9 Å². The molecule has 0 aromatic carbocycles. The molecule has 2 unspecified atom stereocenters. The minimum absolute atomic E-state index is 0. The van der Waals surface area contributed by atoms with Crippen LogP contribution in [-0.2, 0) is 47.8 Å². The van der Waals surface area contributed by atoms with E-state index >= 15 is 0 Å². The molecule has 0 aromatic heterocycles. The molecule has 2 aliphatic heterocycles. The summed E-state index contributed by atoms with van der Waals surface area (Å²) in [5.74, 6) is -3.94. The lowest BCUT2D eigenvalue weighted by atomic mass is 9.82. The lowest BCUT2D eigenvalue weighted by Gasteiger charge is -2.39. The third-order valence-electron chi connectivity index (χ3n) is 21.2. The number of hydrogen-bond donors (Lipinski definition) is 11. The molecule has 8 aliphatic rings. The highest BCUT2D eigenvalue weighted by Crippen LogP contribution is 2.66. The Morgan fingerprint density at radius 2 is 0.857 bits per heavy atom. The van der Waals surface area contributed by atoms with Gasteiger partial charge in [-0.1, -0.05) is 134 Å². The van der Waals surface area contributed by atoms with Gasteiger partial charge in [-0.05, 0) is 157 Å². The average Bonchev–Trinajstić information content (AvgIpc) is 1.53. The van der Waals surface area contributed by atoms with Crippen LogP contribution < -0.4 is 43.0 Å². The van der Waals surface area contributed by atoms with Gasteiger partial charge in [0.2, 0.25) is 29.5 Å². The predicted molar refractivity (Wildman–Crippen MR) is 374 cm³/mol. The molecule has 560 valence electrons. The van der Waals surface area contributed by atoms with Gasteiger partial charge >= 0.3 is 18.2 Å². The van der Waals surface area contributed by atoms with Gasteiger partial charge in [-0.2, -0.15) is 0 Å². The van der Waals surface area contributed by atoms with Gasteiger partial charge < -0.3 is 77.5 Å². The SMILES string of the molecule is CC(C)(C)OC(=O)N[C@H](C(=O)N[C@H](C(=O)N1C[C@H]2[C@@H]([C@H]1C(=O)O)C2(C)C)C(C)(C)C)C1CCCCC1.CCC[C@H](N)C(O)C(=O)NC1CC1.CCC[C@H](NC(=O)[C@@H]1[C@@H]2[C@H](CN1C(=O)[C@@H](NC(=O)[C@@H](NC(=O)OC(C)(C)C)C1CCCCC1)C(C)(C)C)C2(C)C)C(O)C(=O)NC1CC1.Cl. The van der Waals surface area contributed by atoms with E-state index in [1.807, 2.05) is 69.2 Å². The second-order valence-corrected chi connectivity index (χ2v) is 34.6. The molecule has 9 amide bonds. The van der Waals surface area contributed by atoms with Crippen LogP contribution in [0.5, 0.6) is 0 Å². The first-order valence-corrected chi connectivity index (χ1v) is 36.3.